The van der Waals surface area contributed by atoms with Crippen LogP contribution in [0.4, 0.5) is 10.1 Å². The van der Waals surface area contributed by atoms with Crippen molar-refractivity contribution < 1.29 is 23.2 Å². The van der Waals surface area contributed by atoms with Crippen LogP contribution in [0.15, 0.2) is 47.0 Å². The molecule has 3 aromatic rings. The summed E-state index contributed by atoms with van der Waals surface area (Å²) in [7, 11) is 3.04. The monoisotopic (exact) mass is 356 g/mol. The molecule has 3 rings (SSSR count). The van der Waals surface area contributed by atoms with Crippen molar-refractivity contribution in [2.45, 2.75) is 6.92 Å². The van der Waals surface area contributed by atoms with Crippen LogP contribution < -0.4 is 14.8 Å². The summed E-state index contributed by atoms with van der Waals surface area (Å²) in [5, 5.41) is 6.72. The molecular weight excluding hydrogens is 339 g/mol. The van der Waals surface area contributed by atoms with Crippen LogP contribution in [0.3, 0.4) is 0 Å². The molecule has 0 saturated heterocycles. The molecule has 1 N–H and O–H groups in total. The van der Waals surface area contributed by atoms with E-state index in [4.69, 9.17) is 14.0 Å². The molecule has 6 nitrogen and oxygen atoms in total. The van der Waals surface area contributed by atoms with Crippen LogP contribution in [0.1, 0.15) is 16.1 Å². The van der Waals surface area contributed by atoms with Crippen molar-refractivity contribution >= 4 is 11.6 Å². The number of hydrogen-bond acceptors (Lipinski definition) is 5. The predicted octanol–water partition coefficient (Wildman–Crippen LogP) is 4.06. The fourth-order valence-electron chi connectivity index (χ4n) is 2.54. The first-order valence-corrected chi connectivity index (χ1v) is 7.79. The molecule has 1 aromatic heterocycles. The summed E-state index contributed by atoms with van der Waals surface area (Å²) in [5.74, 6) is 0.609. The summed E-state index contributed by atoms with van der Waals surface area (Å²) >= 11 is 0. The molecule has 134 valence electrons. The number of methoxy groups -OCH3 is 2. The summed E-state index contributed by atoms with van der Waals surface area (Å²) in [6, 6.07) is 10.7. The second-order valence-electron chi connectivity index (χ2n) is 5.49. The minimum Gasteiger partial charge on any atom is -0.497 e. The summed E-state index contributed by atoms with van der Waals surface area (Å²) in [4.78, 5) is 12.8. The molecular formula is C19H17FN2O4. The third-order valence-corrected chi connectivity index (χ3v) is 3.86. The standard InChI is InChI=1S/C19H17FN2O4/c1-11-17(18(22-26-11)12-4-6-13(20)7-5-12)19(23)21-15-10-14(24-2)8-9-16(15)25-3/h4-10H,1-3H3,(H,21,23). The molecule has 2 aromatic carbocycles. The largest absolute Gasteiger partial charge is 0.497 e. The minimum absolute atomic E-state index is 0.265. The van der Waals surface area contributed by atoms with E-state index < -0.39 is 5.91 Å². The number of rotatable bonds is 5. The SMILES string of the molecule is COc1ccc(OC)c(NC(=O)c2c(-c3ccc(F)cc3)noc2C)c1. The third kappa shape index (κ3) is 3.37. The Labute approximate surface area is 149 Å². The Bertz CT molecular complexity index is 935. The first kappa shape index (κ1) is 17.5. The number of hydrogen-bond donors (Lipinski definition) is 1. The summed E-state index contributed by atoms with van der Waals surface area (Å²) in [5.41, 5.74) is 1.62. The van der Waals surface area contributed by atoms with Crippen LogP contribution in [0.25, 0.3) is 11.3 Å². The van der Waals surface area contributed by atoms with Gasteiger partial charge in [-0.1, -0.05) is 5.16 Å². The van der Waals surface area contributed by atoms with Crippen molar-refractivity contribution in [1.29, 1.82) is 0 Å². The van der Waals surface area contributed by atoms with E-state index in [1.54, 1.807) is 25.1 Å². The molecule has 0 fully saturated rings. The molecule has 0 spiro atoms. The zero-order valence-electron chi connectivity index (χ0n) is 14.5. The number of nitrogens with one attached hydrogen (secondary N) is 1. The van der Waals surface area contributed by atoms with E-state index in [1.807, 2.05) is 0 Å². The maximum atomic E-state index is 13.2. The first-order valence-electron chi connectivity index (χ1n) is 7.79. The Hall–Kier alpha value is -3.35. The van der Waals surface area contributed by atoms with E-state index in [0.717, 1.165) is 0 Å². The van der Waals surface area contributed by atoms with E-state index in [2.05, 4.69) is 10.5 Å². The molecule has 0 aliphatic rings. The highest BCUT2D eigenvalue weighted by molar-refractivity contribution is 6.09. The van der Waals surface area contributed by atoms with Gasteiger partial charge < -0.3 is 19.3 Å². The fourth-order valence-corrected chi connectivity index (χ4v) is 2.54. The number of aryl methyl sites for hydroxylation is 1. The average molecular weight is 356 g/mol. The summed E-state index contributed by atoms with van der Waals surface area (Å²) in [6.45, 7) is 1.64. The van der Waals surface area contributed by atoms with Gasteiger partial charge in [-0.25, -0.2) is 4.39 Å². The molecule has 1 amide bonds. The number of carbonyl (C=O) groups excluding carboxylic acids is 1. The predicted molar refractivity (Wildman–Crippen MR) is 94.1 cm³/mol. The van der Waals surface area contributed by atoms with Gasteiger partial charge in [0.05, 0.1) is 19.9 Å². The second-order valence-corrected chi connectivity index (χ2v) is 5.49. The number of nitrogens with zero attached hydrogens (tertiary/aromatic N) is 1. The number of halogens is 1. The molecule has 1 heterocycles. The fraction of sp³-hybridized carbons (Fsp3) is 0.158. The molecule has 0 radical (unpaired) electrons. The van der Waals surface area contributed by atoms with Gasteiger partial charge in [0.25, 0.3) is 5.91 Å². The van der Waals surface area contributed by atoms with Crippen LogP contribution in [-0.4, -0.2) is 25.3 Å². The van der Waals surface area contributed by atoms with Gasteiger partial charge in [-0.15, -0.1) is 0 Å². The molecule has 0 aliphatic carbocycles. The van der Waals surface area contributed by atoms with Crippen LogP contribution >= 0.6 is 0 Å². The lowest BCUT2D eigenvalue weighted by molar-refractivity contribution is 0.102. The Morgan fingerprint density at radius 1 is 1.12 bits per heavy atom. The van der Waals surface area contributed by atoms with Crippen LogP contribution in [0.5, 0.6) is 11.5 Å². The van der Waals surface area contributed by atoms with E-state index in [0.29, 0.717) is 34.2 Å². The molecule has 7 heteroatoms. The molecule has 0 bridgehead atoms. The van der Waals surface area contributed by atoms with Gasteiger partial charge in [-0.05, 0) is 43.3 Å². The normalized spacial score (nSPS) is 10.5. The Balaban J connectivity index is 1.97. The minimum atomic E-state index is -0.422. The number of ether oxygens (including phenoxy) is 2. The van der Waals surface area contributed by atoms with Gasteiger partial charge >= 0.3 is 0 Å². The lowest BCUT2D eigenvalue weighted by Crippen LogP contribution is -2.14. The molecule has 26 heavy (non-hydrogen) atoms. The topological polar surface area (TPSA) is 73.6 Å². The van der Waals surface area contributed by atoms with Crippen LogP contribution in [0, 0.1) is 12.7 Å². The van der Waals surface area contributed by atoms with Gasteiger partial charge in [-0.2, -0.15) is 0 Å². The van der Waals surface area contributed by atoms with Crippen molar-refractivity contribution in [1.82, 2.24) is 5.16 Å². The summed E-state index contributed by atoms with van der Waals surface area (Å²) in [6.07, 6.45) is 0. The Morgan fingerprint density at radius 2 is 1.85 bits per heavy atom. The quantitative estimate of drug-likeness (QED) is 0.746. The van der Waals surface area contributed by atoms with E-state index >= 15 is 0 Å². The summed E-state index contributed by atoms with van der Waals surface area (Å²) < 4.78 is 28.8. The lowest BCUT2D eigenvalue weighted by atomic mass is 10.1. The Morgan fingerprint density at radius 3 is 2.50 bits per heavy atom. The van der Waals surface area contributed by atoms with E-state index in [-0.39, 0.29) is 11.4 Å². The van der Waals surface area contributed by atoms with Gasteiger partial charge in [0.1, 0.15) is 34.3 Å². The highest BCUT2D eigenvalue weighted by Gasteiger charge is 2.23. The maximum Gasteiger partial charge on any atom is 0.261 e. The van der Waals surface area contributed by atoms with Crippen molar-refractivity contribution in [2.24, 2.45) is 0 Å². The average Bonchev–Trinajstić information content (AvgIpc) is 3.03. The zero-order valence-corrected chi connectivity index (χ0v) is 14.5. The highest BCUT2D eigenvalue weighted by atomic mass is 19.1. The smallest absolute Gasteiger partial charge is 0.261 e. The van der Waals surface area contributed by atoms with Gasteiger partial charge in [0.15, 0.2) is 0 Å². The van der Waals surface area contributed by atoms with Gasteiger partial charge in [-0.3, -0.25) is 4.79 Å². The molecule has 0 saturated carbocycles. The third-order valence-electron chi connectivity index (χ3n) is 3.86. The number of benzene rings is 2. The number of amides is 1. The van der Waals surface area contributed by atoms with Crippen LogP contribution in [-0.2, 0) is 0 Å². The van der Waals surface area contributed by atoms with Crippen molar-refractivity contribution in [3.63, 3.8) is 0 Å². The van der Waals surface area contributed by atoms with Crippen molar-refractivity contribution in [3.05, 3.63) is 59.6 Å². The van der Waals surface area contributed by atoms with E-state index in [9.17, 15) is 9.18 Å². The zero-order chi connectivity index (χ0) is 18.7. The second kappa shape index (κ2) is 7.26. The molecule has 0 aliphatic heterocycles. The highest BCUT2D eigenvalue weighted by Crippen LogP contribution is 2.31. The number of aromatic nitrogens is 1. The van der Waals surface area contributed by atoms with Gasteiger partial charge in [0, 0.05) is 11.6 Å². The van der Waals surface area contributed by atoms with E-state index in [1.165, 1.54) is 38.5 Å². The Kier molecular flexibility index (Phi) is 4.88. The number of anilines is 1. The van der Waals surface area contributed by atoms with Crippen molar-refractivity contribution in [3.8, 4) is 22.8 Å². The first-order chi connectivity index (χ1) is 12.5. The van der Waals surface area contributed by atoms with Crippen molar-refractivity contribution in [2.75, 3.05) is 19.5 Å². The van der Waals surface area contributed by atoms with Gasteiger partial charge in [0.2, 0.25) is 0 Å². The molecule has 0 atom stereocenters. The van der Waals surface area contributed by atoms with Crippen LogP contribution in [0.2, 0.25) is 0 Å². The maximum absolute atomic E-state index is 13.2. The molecule has 0 unspecified atom stereocenters. The number of carbonyl (C=O) groups is 1. The lowest BCUT2D eigenvalue weighted by Gasteiger charge is -2.12.